The van der Waals surface area contributed by atoms with E-state index in [0.29, 0.717) is 18.3 Å². The Morgan fingerprint density at radius 1 is 1.35 bits per heavy atom. The van der Waals surface area contributed by atoms with Gasteiger partial charge in [0.2, 0.25) is 0 Å². The number of para-hydroxylation sites is 1. The van der Waals surface area contributed by atoms with E-state index in [1.807, 2.05) is 16.8 Å². The van der Waals surface area contributed by atoms with E-state index in [-0.39, 0.29) is 5.91 Å². The van der Waals surface area contributed by atoms with Crippen LogP contribution >= 0.6 is 0 Å². The second-order valence-corrected chi connectivity index (χ2v) is 6.69. The summed E-state index contributed by atoms with van der Waals surface area (Å²) in [6.45, 7) is 8.42. The number of hydrogen-bond donors (Lipinski definition) is 2. The number of aryl methyl sites for hydroxylation is 1. The van der Waals surface area contributed by atoms with E-state index in [2.05, 4.69) is 51.8 Å². The van der Waals surface area contributed by atoms with Crippen LogP contribution in [0.25, 0.3) is 0 Å². The molecular weight excluding hydrogens is 328 g/mol. The van der Waals surface area contributed by atoms with Crippen molar-refractivity contribution in [3.8, 4) is 0 Å². The molecular formula is C19H28N6O. The third-order valence-electron chi connectivity index (χ3n) is 4.93. The van der Waals surface area contributed by atoms with E-state index < -0.39 is 0 Å². The van der Waals surface area contributed by atoms with E-state index in [9.17, 15) is 4.79 Å². The smallest absolute Gasteiger partial charge is 0.273 e. The van der Waals surface area contributed by atoms with Gasteiger partial charge < -0.3 is 15.5 Å². The van der Waals surface area contributed by atoms with Gasteiger partial charge in [-0.25, -0.2) is 4.68 Å². The number of nitrogens with zero attached hydrogens (tertiary/aromatic N) is 4. The molecule has 140 valence electrons. The van der Waals surface area contributed by atoms with Crippen LogP contribution in [0.3, 0.4) is 0 Å². The molecule has 3 rings (SSSR count). The lowest BCUT2D eigenvalue weighted by Gasteiger charge is -2.25. The molecule has 1 amide bonds. The molecule has 0 atom stereocenters. The molecule has 7 nitrogen and oxygen atoms in total. The Labute approximate surface area is 154 Å². The number of benzene rings is 1. The molecule has 0 bridgehead atoms. The summed E-state index contributed by atoms with van der Waals surface area (Å²) in [4.78, 5) is 14.6. The first-order valence-electron chi connectivity index (χ1n) is 9.40. The summed E-state index contributed by atoms with van der Waals surface area (Å²) in [7, 11) is 0. The van der Waals surface area contributed by atoms with Crippen LogP contribution in [0.4, 0.5) is 5.69 Å². The van der Waals surface area contributed by atoms with Crippen LogP contribution in [0.5, 0.6) is 0 Å². The molecule has 0 spiro atoms. The maximum atomic E-state index is 12.4. The molecule has 1 aliphatic heterocycles. The van der Waals surface area contributed by atoms with Gasteiger partial charge in [0.05, 0.1) is 12.2 Å². The molecule has 0 aliphatic carbocycles. The van der Waals surface area contributed by atoms with Crippen molar-refractivity contribution in [2.45, 2.75) is 32.7 Å². The lowest BCUT2D eigenvalue weighted by Crippen LogP contribution is -2.35. The fourth-order valence-electron chi connectivity index (χ4n) is 3.39. The average Bonchev–Trinajstić information content (AvgIpc) is 3.17. The summed E-state index contributed by atoms with van der Waals surface area (Å²) in [6, 6.07) is 8.64. The molecule has 0 saturated carbocycles. The minimum atomic E-state index is -0.161. The third kappa shape index (κ3) is 4.40. The summed E-state index contributed by atoms with van der Waals surface area (Å²) < 4.78 is 1.83. The van der Waals surface area contributed by atoms with Crippen LogP contribution in [-0.2, 0) is 0 Å². The van der Waals surface area contributed by atoms with Crippen molar-refractivity contribution in [2.75, 3.05) is 37.6 Å². The predicted octanol–water partition coefficient (Wildman–Crippen LogP) is 1.77. The summed E-state index contributed by atoms with van der Waals surface area (Å²) in [6.07, 6.45) is 3.81. The first-order chi connectivity index (χ1) is 12.7. The molecule has 2 heterocycles. The summed E-state index contributed by atoms with van der Waals surface area (Å²) in [5, 5.41) is 14.5. The van der Waals surface area contributed by atoms with Gasteiger partial charge in [-0.2, -0.15) is 0 Å². The van der Waals surface area contributed by atoms with Gasteiger partial charge in [-0.15, -0.1) is 5.10 Å². The van der Waals surface area contributed by atoms with Gasteiger partial charge in [-0.3, -0.25) is 4.79 Å². The Morgan fingerprint density at radius 2 is 2.12 bits per heavy atom. The first-order valence-corrected chi connectivity index (χ1v) is 9.40. The minimum Gasteiger partial charge on any atom is -0.370 e. The molecule has 7 heteroatoms. The number of anilines is 1. The SMILES string of the molecule is CCN(CCNC(=O)c1cn(C2CCNCC2)nn1)c1ccccc1C. The van der Waals surface area contributed by atoms with E-state index in [4.69, 9.17) is 0 Å². The quantitative estimate of drug-likeness (QED) is 0.791. The van der Waals surface area contributed by atoms with Gasteiger partial charge in [0.1, 0.15) is 0 Å². The number of rotatable bonds is 7. The predicted molar refractivity (Wildman–Crippen MR) is 103 cm³/mol. The minimum absolute atomic E-state index is 0.161. The van der Waals surface area contributed by atoms with Crippen molar-refractivity contribution in [3.63, 3.8) is 0 Å². The van der Waals surface area contributed by atoms with Gasteiger partial charge in [0, 0.05) is 25.3 Å². The number of carbonyl (C=O) groups is 1. The molecule has 1 aliphatic rings. The van der Waals surface area contributed by atoms with Crippen LogP contribution in [-0.4, -0.2) is 53.6 Å². The molecule has 1 aromatic heterocycles. The summed E-state index contributed by atoms with van der Waals surface area (Å²) in [5.41, 5.74) is 2.84. The largest absolute Gasteiger partial charge is 0.370 e. The number of piperidine rings is 1. The van der Waals surface area contributed by atoms with E-state index in [1.54, 1.807) is 6.20 Å². The highest BCUT2D eigenvalue weighted by Gasteiger charge is 2.18. The average molecular weight is 356 g/mol. The fourth-order valence-corrected chi connectivity index (χ4v) is 3.39. The standard InChI is InChI=1S/C19H28N6O/c1-3-24(18-7-5-4-6-15(18)2)13-12-21-19(26)17-14-25(23-22-17)16-8-10-20-11-9-16/h4-7,14,16,20H,3,8-13H2,1-2H3,(H,21,26). The Morgan fingerprint density at radius 3 is 2.85 bits per heavy atom. The van der Waals surface area contributed by atoms with Gasteiger partial charge in [0.25, 0.3) is 5.91 Å². The van der Waals surface area contributed by atoms with Gasteiger partial charge >= 0.3 is 0 Å². The van der Waals surface area contributed by atoms with Crippen molar-refractivity contribution in [2.24, 2.45) is 0 Å². The van der Waals surface area contributed by atoms with Crippen LogP contribution in [0, 0.1) is 6.92 Å². The molecule has 1 fully saturated rings. The van der Waals surface area contributed by atoms with E-state index >= 15 is 0 Å². The Hall–Kier alpha value is -2.41. The summed E-state index contributed by atoms with van der Waals surface area (Å²) >= 11 is 0. The van der Waals surface area contributed by atoms with Gasteiger partial charge in [0.15, 0.2) is 5.69 Å². The second kappa shape index (κ2) is 8.80. The Bertz CT molecular complexity index is 722. The second-order valence-electron chi connectivity index (χ2n) is 6.69. The van der Waals surface area contributed by atoms with Crippen LogP contribution in [0.15, 0.2) is 30.5 Å². The molecule has 1 aromatic carbocycles. The topological polar surface area (TPSA) is 75.1 Å². The molecule has 1 saturated heterocycles. The Kier molecular flexibility index (Phi) is 6.22. The van der Waals surface area contributed by atoms with Crippen LogP contribution in [0.1, 0.15) is 41.9 Å². The number of nitrogens with one attached hydrogen (secondary N) is 2. The summed E-state index contributed by atoms with van der Waals surface area (Å²) in [5.74, 6) is -0.161. The molecule has 2 N–H and O–H groups in total. The molecule has 0 radical (unpaired) electrons. The highest BCUT2D eigenvalue weighted by Crippen LogP contribution is 2.19. The fraction of sp³-hybridized carbons (Fsp3) is 0.526. The van der Waals surface area contributed by atoms with Gasteiger partial charge in [-0.05, 0) is 51.4 Å². The van der Waals surface area contributed by atoms with Crippen molar-refractivity contribution in [1.82, 2.24) is 25.6 Å². The monoisotopic (exact) mass is 356 g/mol. The van der Waals surface area contributed by atoms with E-state index in [0.717, 1.165) is 39.0 Å². The van der Waals surface area contributed by atoms with Crippen molar-refractivity contribution in [3.05, 3.63) is 41.7 Å². The van der Waals surface area contributed by atoms with Crippen LogP contribution in [0.2, 0.25) is 0 Å². The molecule has 2 aromatic rings. The number of hydrogen-bond acceptors (Lipinski definition) is 5. The highest BCUT2D eigenvalue weighted by molar-refractivity contribution is 5.91. The normalized spacial score (nSPS) is 15.0. The number of likely N-dealkylation sites (N-methyl/N-ethyl adjacent to an activating group) is 1. The zero-order valence-corrected chi connectivity index (χ0v) is 15.6. The van der Waals surface area contributed by atoms with Crippen LogP contribution < -0.4 is 15.5 Å². The van der Waals surface area contributed by atoms with Crippen molar-refractivity contribution < 1.29 is 4.79 Å². The van der Waals surface area contributed by atoms with Gasteiger partial charge in [-0.1, -0.05) is 23.4 Å². The molecule has 0 unspecified atom stereocenters. The first kappa shape index (κ1) is 18.4. The van der Waals surface area contributed by atoms with E-state index in [1.165, 1.54) is 11.3 Å². The zero-order chi connectivity index (χ0) is 18.4. The third-order valence-corrected chi connectivity index (χ3v) is 4.93. The maximum absolute atomic E-state index is 12.4. The number of amides is 1. The molecule has 26 heavy (non-hydrogen) atoms. The lowest BCUT2D eigenvalue weighted by molar-refractivity contribution is 0.0949. The Balaban J connectivity index is 1.52. The highest BCUT2D eigenvalue weighted by atomic mass is 16.2. The zero-order valence-electron chi connectivity index (χ0n) is 15.6. The number of aromatic nitrogens is 3. The lowest BCUT2D eigenvalue weighted by atomic mass is 10.1. The number of carbonyl (C=O) groups excluding carboxylic acids is 1. The van der Waals surface area contributed by atoms with Crippen molar-refractivity contribution in [1.29, 1.82) is 0 Å². The maximum Gasteiger partial charge on any atom is 0.273 e. The van der Waals surface area contributed by atoms with Crippen molar-refractivity contribution >= 4 is 11.6 Å².